The Hall–Kier alpha value is -3.28. The molecule has 0 fully saturated rings. The Balaban J connectivity index is 1.14. The first kappa shape index (κ1) is 37.5. The van der Waals surface area contributed by atoms with E-state index in [1.807, 2.05) is 12.4 Å². The van der Waals surface area contributed by atoms with E-state index in [2.05, 4.69) is 123 Å². The molecule has 4 rings (SSSR count). The topological polar surface area (TPSA) is 29.0 Å². The summed E-state index contributed by atoms with van der Waals surface area (Å²) in [6.07, 6.45) is 29.2. The first-order valence-corrected chi connectivity index (χ1v) is 20.2. The van der Waals surface area contributed by atoms with Crippen LogP contribution in [-0.2, 0) is 12.8 Å². The van der Waals surface area contributed by atoms with Crippen LogP contribution in [0.3, 0.4) is 0 Å². The van der Waals surface area contributed by atoms with Crippen LogP contribution >= 0.6 is 21.6 Å². The van der Waals surface area contributed by atoms with E-state index >= 15 is 0 Å². The number of hydrogen-bond acceptors (Lipinski definition) is 5. The van der Waals surface area contributed by atoms with Crippen molar-refractivity contribution in [2.45, 2.75) is 114 Å². The smallest absolute Gasteiger partial charge is 0.133 e. The zero-order valence-corrected chi connectivity index (χ0v) is 31.1. The number of anilines is 2. The van der Waals surface area contributed by atoms with Crippen LogP contribution in [0, 0.1) is 13.8 Å². The van der Waals surface area contributed by atoms with Gasteiger partial charge in [0.15, 0.2) is 0 Å². The van der Waals surface area contributed by atoms with Crippen molar-refractivity contribution >= 4 is 33.1 Å². The number of rotatable bonds is 22. The molecule has 2 aromatic heterocycles. The van der Waals surface area contributed by atoms with Gasteiger partial charge >= 0.3 is 0 Å². The van der Waals surface area contributed by atoms with Gasteiger partial charge in [-0.05, 0) is 107 Å². The van der Waals surface area contributed by atoms with E-state index in [-0.39, 0.29) is 0 Å². The zero-order valence-electron chi connectivity index (χ0n) is 29.4. The maximum atomic E-state index is 4.87. The minimum absolute atomic E-state index is 0.814. The van der Waals surface area contributed by atoms with Crippen molar-refractivity contribution in [3.8, 4) is 0 Å². The van der Waals surface area contributed by atoms with Gasteiger partial charge in [0.2, 0.25) is 0 Å². The van der Waals surface area contributed by atoms with Crippen molar-refractivity contribution in [3.63, 3.8) is 0 Å². The Bertz CT molecular complexity index is 1480. The number of allylic oxidation sites excluding steroid dienone is 3. The first-order valence-electron chi connectivity index (χ1n) is 18.1. The molecule has 254 valence electrons. The van der Waals surface area contributed by atoms with Crippen LogP contribution in [0.25, 0.3) is 0 Å². The summed E-state index contributed by atoms with van der Waals surface area (Å²) in [5, 5.41) is 0. The second-order valence-corrected chi connectivity index (χ2v) is 15.0. The number of benzene rings is 2. The zero-order chi connectivity index (χ0) is 33.7. The molecule has 0 spiro atoms. The Morgan fingerprint density at radius 1 is 0.562 bits per heavy atom. The molecule has 0 saturated heterocycles. The molecule has 0 aliphatic rings. The van der Waals surface area contributed by atoms with E-state index in [0.717, 1.165) is 47.1 Å². The standard InChI is InChI=1S/C43H55N3S2/c1-4-5-6-7-12-15-18-33-46(40-28-23-37(3)24-29-40)43-32-31-42(35-45-43)48-47-41-30-27-39(44-34-41)20-17-14-11-9-8-10-13-16-19-38-25-21-36(2)22-26-38/h11,14-15,18,21-32,34-35H,4-10,12-13,16-17,19-20,33H2,1-3H3. The highest BCUT2D eigenvalue weighted by Gasteiger charge is 2.10. The fourth-order valence-electron chi connectivity index (χ4n) is 5.49. The molecule has 2 aromatic carbocycles. The van der Waals surface area contributed by atoms with Gasteiger partial charge in [0.25, 0.3) is 0 Å². The molecule has 0 aliphatic carbocycles. The van der Waals surface area contributed by atoms with Gasteiger partial charge < -0.3 is 4.90 Å². The molecular formula is C43H55N3S2. The minimum atomic E-state index is 0.814. The third kappa shape index (κ3) is 14.5. The van der Waals surface area contributed by atoms with E-state index in [1.54, 1.807) is 21.6 Å². The van der Waals surface area contributed by atoms with Gasteiger partial charge in [-0.3, -0.25) is 4.98 Å². The van der Waals surface area contributed by atoms with Crippen molar-refractivity contribution in [2.75, 3.05) is 11.4 Å². The lowest BCUT2D eigenvalue weighted by Gasteiger charge is -2.23. The summed E-state index contributed by atoms with van der Waals surface area (Å²) >= 11 is 0. The average molecular weight is 678 g/mol. The minimum Gasteiger partial charge on any atom is -0.323 e. The number of unbranched alkanes of at least 4 members (excludes halogenated alkanes) is 8. The van der Waals surface area contributed by atoms with Gasteiger partial charge in [-0.2, -0.15) is 0 Å². The summed E-state index contributed by atoms with van der Waals surface area (Å²) in [6, 6.07) is 26.4. The number of aromatic nitrogens is 2. The lowest BCUT2D eigenvalue weighted by molar-refractivity contribution is 0.645. The quantitative estimate of drug-likeness (QED) is 0.0469. The Kier molecular flexibility index (Phi) is 17.5. The van der Waals surface area contributed by atoms with E-state index in [9.17, 15) is 0 Å². The number of hydrogen-bond donors (Lipinski definition) is 0. The maximum absolute atomic E-state index is 4.87. The van der Waals surface area contributed by atoms with E-state index < -0.39 is 0 Å². The van der Waals surface area contributed by atoms with Crippen molar-refractivity contribution in [1.29, 1.82) is 0 Å². The van der Waals surface area contributed by atoms with Crippen molar-refractivity contribution in [1.82, 2.24) is 9.97 Å². The monoisotopic (exact) mass is 677 g/mol. The fraction of sp³-hybridized carbons (Fsp3) is 0.395. The third-order valence-electron chi connectivity index (χ3n) is 8.49. The summed E-state index contributed by atoms with van der Waals surface area (Å²) < 4.78 is 0. The number of nitrogens with zero attached hydrogens (tertiary/aromatic N) is 3. The van der Waals surface area contributed by atoms with E-state index in [1.165, 1.54) is 86.6 Å². The van der Waals surface area contributed by atoms with Crippen LogP contribution in [-0.4, -0.2) is 16.5 Å². The van der Waals surface area contributed by atoms with E-state index in [4.69, 9.17) is 9.97 Å². The number of aryl methyl sites for hydroxylation is 4. The molecule has 0 N–H and O–H groups in total. The van der Waals surface area contributed by atoms with Crippen LogP contribution in [0.2, 0.25) is 0 Å². The Labute approximate surface area is 299 Å². The highest BCUT2D eigenvalue weighted by molar-refractivity contribution is 8.76. The maximum Gasteiger partial charge on any atom is 0.133 e. The van der Waals surface area contributed by atoms with Crippen LogP contribution in [0.1, 0.15) is 99.9 Å². The molecule has 0 amide bonds. The molecule has 0 unspecified atom stereocenters. The molecule has 2 heterocycles. The lowest BCUT2D eigenvalue weighted by Crippen LogP contribution is -2.18. The summed E-state index contributed by atoms with van der Waals surface area (Å²) in [5.41, 5.74) is 6.40. The molecule has 0 aliphatic heterocycles. The molecule has 0 saturated carbocycles. The first-order chi connectivity index (χ1) is 23.6. The molecular weight excluding hydrogens is 623 g/mol. The normalized spacial score (nSPS) is 11.6. The van der Waals surface area contributed by atoms with Gasteiger partial charge in [0, 0.05) is 40.1 Å². The lowest BCUT2D eigenvalue weighted by atomic mass is 10.0. The van der Waals surface area contributed by atoms with E-state index in [0.29, 0.717) is 0 Å². The van der Waals surface area contributed by atoms with Gasteiger partial charge in [0.05, 0.1) is 0 Å². The molecule has 48 heavy (non-hydrogen) atoms. The van der Waals surface area contributed by atoms with Crippen LogP contribution < -0.4 is 4.90 Å². The predicted octanol–water partition coefficient (Wildman–Crippen LogP) is 13.2. The summed E-state index contributed by atoms with van der Waals surface area (Å²) in [7, 11) is 3.47. The largest absolute Gasteiger partial charge is 0.323 e. The van der Waals surface area contributed by atoms with Crippen LogP contribution in [0.5, 0.6) is 0 Å². The SMILES string of the molecule is CCCCCCC=CCN(c1ccc(C)cc1)c1ccc(SSc2ccc(CCC=CCCCCCCc3ccc(C)cc3)nc2)cn1. The second-order valence-electron chi connectivity index (χ2n) is 12.7. The molecule has 3 nitrogen and oxygen atoms in total. The number of pyridine rings is 2. The van der Waals surface area contributed by atoms with Crippen molar-refractivity contribution in [3.05, 3.63) is 132 Å². The van der Waals surface area contributed by atoms with Crippen LogP contribution in [0.4, 0.5) is 11.5 Å². The molecule has 5 heteroatoms. The molecule has 0 radical (unpaired) electrons. The van der Waals surface area contributed by atoms with Gasteiger partial charge in [0.1, 0.15) is 5.82 Å². The van der Waals surface area contributed by atoms with Gasteiger partial charge in [-0.1, -0.05) is 132 Å². The van der Waals surface area contributed by atoms with Gasteiger partial charge in [-0.15, -0.1) is 0 Å². The highest BCUT2D eigenvalue weighted by Crippen LogP contribution is 2.37. The second kappa shape index (κ2) is 22.4. The molecule has 0 atom stereocenters. The fourth-order valence-corrected chi connectivity index (χ4v) is 7.29. The third-order valence-corrected chi connectivity index (χ3v) is 10.9. The summed E-state index contributed by atoms with van der Waals surface area (Å²) in [4.78, 5) is 14.2. The highest BCUT2D eigenvalue weighted by atomic mass is 33.1. The Morgan fingerprint density at radius 3 is 1.81 bits per heavy atom. The van der Waals surface area contributed by atoms with Crippen molar-refractivity contribution < 1.29 is 0 Å². The predicted molar refractivity (Wildman–Crippen MR) is 212 cm³/mol. The van der Waals surface area contributed by atoms with Gasteiger partial charge in [-0.25, -0.2) is 4.98 Å². The molecule has 0 bridgehead atoms. The van der Waals surface area contributed by atoms with Crippen LogP contribution in [0.15, 0.2) is 119 Å². The molecule has 4 aromatic rings. The summed E-state index contributed by atoms with van der Waals surface area (Å²) in [5.74, 6) is 0.970. The van der Waals surface area contributed by atoms with Crippen molar-refractivity contribution in [2.24, 2.45) is 0 Å². The Morgan fingerprint density at radius 2 is 1.17 bits per heavy atom. The summed E-state index contributed by atoms with van der Waals surface area (Å²) in [6.45, 7) is 7.36. The average Bonchev–Trinajstić information content (AvgIpc) is 3.11.